The Labute approximate surface area is 131 Å². The second-order valence-corrected chi connectivity index (χ2v) is 5.52. The Morgan fingerprint density at radius 3 is 2.65 bits per heavy atom. The van der Waals surface area contributed by atoms with Crippen molar-refractivity contribution >= 4 is 40.7 Å². The molecule has 0 unspecified atom stereocenters. The van der Waals surface area contributed by atoms with Crippen LogP contribution in [-0.2, 0) is 4.79 Å². The van der Waals surface area contributed by atoms with E-state index in [1.54, 1.807) is 6.21 Å². The number of hydrogen-bond acceptors (Lipinski definition) is 3. The largest absolute Gasteiger partial charge is 0.347 e. The molecule has 6 heteroatoms. The Bertz CT molecular complexity index is 504. The van der Waals surface area contributed by atoms with Gasteiger partial charge in [-0.15, -0.1) is 0 Å². The predicted octanol–water partition coefficient (Wildman–Crippen LogP) is 2.50. The van der Waals surface area contributed by atoms with E-state index in [0.717, 1.165) is 22.8 Å². The van der Waals surface area contributed by atoms with Gasteiger partial charge in [0.05, 0.1) is 6.21 Å². The number of unbranched alkanes of at least 4 members (excludes halogenated alkanes) is 1. The number of halogens is 1. The number of carbonyl (C=O) groups is 2. The lowest BCUT2D eigenvalue weighted by Crippen LogP contribution is -2.32. The molecule has 0 spiro atoms. The Morgan fingerprint density at radius 2 is 1.95 bits per heavy atom. The number of imide groups is 1. The maximum atomic E-state index is 12.0. The quantitative estimate of drug-likeness (QED) is 0.249. The molecular formula is C14H16IN3O2. The van der Waals surface area contributed by atoms with E-state index >= 15 is 0 Å². The van der Waals surface area contributed by atoms with Gasteiger partial charge in [-0.3, -0.25) is 9.69 Å². The third-order valence-electron chi connectivity index (χ3n) is 2.95. The van der Waals surface area contributed by atoms with Gasteiger partial charge in [0.25, 0.3) is 5.91 Å². The zero-order valence-electron chi connectivity index (χ0n) is 11.0. The molecule has 1 aliphatic heterocycles. The zero-order valence-corrected chi connectivity index (χ0v) is 13.2. The van der Waals surface area contributed by atoms with Gasteiger partial charge < -0.3 is 0 Å². The summed E-state index contributed by atoms with van der Waals surface area (Å²) in [6.07, 6.45) is 3.45. The third kappa shape index (κ3) is 3.78. The van der Waals surface area contributed by atoms with E-state index in [1.165, 1.54) is 9.91 Å². The van der Waals surface area contributed by atoms with Crippen LogP contribution in [0.5, 0.6) is 0 Å². The first-order chi connectivity index (χ1) is 9.72. The predicted molar refractivity (Wildman–Crippen MR) is 86.0 cm³/mol. The Morgan fingerprint density at radius 1 is 1.20 bits per heavy atom. The number of alkyl halides is 1. The zero-order chi connectivity index (χ0) is 14.4. The second-order valence-electron chi connectivity index (χ2n) is 4.44. The van der Waals surface area contributed by atoms with Crippen molar-refractivity contribution in [2.45, 2.75) is 12.8 Å². The number of nitrogens with zero attached hydrogens (tertiary/aromatic N) is 3. The summed E-state index contributed by atoms with van der Waals surface area (Å²) in [7, 11) is 0. The van der Waals surface area contributed by atoms with Crippen molar-refractivity contribution in [2.75, 3.05) is 17.5 Å². The highest BCUT2D eigenvalue weighted by atomic mass is 127. The molecule has 0 saturated carbocycles. The second kappa shape index (κ2) is 7.37. The SMILES string of the molecule is O=C1CN(/N=C/c2ccccc2)C(=O)N1CCCCI. The molecule has 0 atom stereocenters. The number of urea groups is 1. The average molecular weight is 385 g/mol. The van der Waals surface area contributed by atoms with E-state index in [2.05, 4.69) is 27.7 Å². The number of carbonyl (C=O) groups excluding carboxylic acids is 2. The van der Waals surface area contributed by atoms with Crippen LogP contribution in [0, 0.1) is 0 Å². The van der Waals surface area contributed by atoms with Crippen LogP contribution in [0.25, 0.3) is 0 Å². The summed E-state index contributed by atoms with van der Waals surface area (Å²) < 4.78 is 1.03. The fourth-order valence-corrected chi connectivity index (χ4v) is 2.42. The van der Waals surface area contributed by atoms with E-state index in [9.17, 15) is 9.59 Å². The highest BCUT2D eigenvalue weighted by Gasteiger charge is 2.35. The highest BCUT2D eigenvalue weighted by Crippen LogP contribution is 2.12. The van der Waals surface area contributed by atoms with Gasteiger partial charge in [0.1, 0.15) is 6.54 Å². The Balaban J connectivity index is 1.96. The van der Waals surface area contributed by atoms with Crippen LogP contribution in [0.3, 0.4) is 0 Å². The number of hydrazone groups is 1. The van der Waals surface area contributed by atoms with Gasteiger partial charge in [-0.2, -0.15) is 5.10 Å². The molecule has 5 nitrogen and oxygen atoms in total. The number of rotatable bonds is 6. The third-order valence-corrected chi connectivity index (χ3v) is 3.71. The smallest absolute Gasteiger partial charge is 0.272 e. The van der Waals surface area contributed by atoms with E-state index in [0.29, 0.717) is 6.54 Å². The van der Waals surface area contributed by atoms with Gasteiger partial charge >= 0.3 is 6.03 Å². The van der Waals surface area contributed by atoms with Crippen molar-refractivity contribution < 1.29 is 9.59 Å². The number of hydrogen-bond donors (Lipinski definition) is 0. The fraction of sp³-hybridized carbons (Fsp3) is 0.357. The molecule has 1 heterocycles. The van der Waals surface area contributed by atoms with Crippen molar-refractivity contribution in [1.29, 1.82) is 0 Å². The maximum absolute atomic E-state index is 12.0. The normalized spacial score (nSPS) is 15.7. The molecule has 2 rings (SSSR count). The fourth-order valence-electron chi connectivity index (χ4n) is 1.88. The molecule has 3 amide bonds. The molecular weight excluding hydrogens is 369 g/mol. The summed E-state index contributed by atoms with van der Waals surface area (Å²) in [6, 6.07) is 9.17. The van der Waals surface area contributed by atoms with Gasteiger partial charge in [-0.25, -0.2) is 9.80 Å². The van der Waals surface area contributed by atoms with Gasteiger partial charge in [-0.1, -0.05) is 52.9 Å². The lowest BCUT2D eigenvalue weighted by atomic mass is 10.2. The van der Waals surface area contributed by atoms with Crippen molar-refractivity contribution in [3.8, 4) is 0 Å². The van der Waals surface area contributed by atoms with Crippen molar-refractivity contribution in [3.63, 3.8) is 0 Å². The summed E-state index contributed by atoms with van der Waals surface area (Å²) in [5.74, 6) is -0.173. The lowest BCUT2D eigenvalue weighted by Gasteiger charge is -2.13. The van der Waals surface area contributed by atoms with Crippen LogP contribution in [-0.4, -0.2) is 45.6 Å². The van der Waals surface area contributed by atoms with Crippen LogP contribution < -0.4 is 0 Å². The van der Waals surface area contributed by atoms with Gasteiger partial charge in [0.15, 0.2) is 0 Å². The Kier molecular flexibility index (Phi) is 5.51. The average Bonchev–Trinajstić information content (AvgIpc) is 2.74. The first-order valence-electron chi connectivity index (χ1n) is 6.49. The lowest BCUT2D eigenvalue weighted by molar-refractivity contribution is -0.125. The van der Waals surface area contributed by atoms with Gasteiger partial charge in [-0.05, 0) is 22.8 Å². The maximum Gasteiger partial charge on any atom is 0.347 e. The summed E-state index contributed by atoms with van der Waals surface area (Å²) >= 11 is 2.29. The van der Waals surface area contributed by atoms with Crippen LogP contribution in [0.15, 0.2) is 35.4 Å². The minimum Gasteiger partial charge on any atom is -0.272 e. The van der Waals surface area contributed by atoms with Crippen LogP contribution in [0.4, 0.5) is 4.79 Å². The topological polar surface area (TPSA) is 53.0 Å². The molecule has 1 fully saturated rings. The highest BCUT2D eigenvalue weighted by molar-refractivity contribution is 14.1. The molecule has 1 aliphatic rings. The molecule has 0 aromatic heterocycles. The Hall–Kier alpha value is -1.44. The number of benzene rings is 1. The van der Waals surface area contributed by atoms with Crippen LogP contribution in [0.1, 0.15) is 18.4 Å². The van der Waals surface area contributed by atoms with E-state index < -0.39 is 0 Å². The van der Waals surface area contributed by atoms with E-state index in [4.69, 9.17) is 0 Å². The minimum atomic E-state index is -0.323. The molecule has 0 bridgehead atoms. The minimum absolute atomic E-state index is 0.0341. The summed E-state index contributed by atoms with van der Waals surface area (Å²) in [5, 5.41) is 5.32. The van der Waals surface area contributed by atoms with Crippen molar-refractivity contribution in [1.82, 2.24) is 9.91 Å². The molecule has 1 aromatic carbocycles. The first-order valence-corrected chi connectivity index (χ1v) is 8.02. The molecule has 1 saturated heterocycles. The molecule has 0 aliphatic carbocycles. The van der Waals surface area contributed by atoms with Crippen LogP contribution in [0.2, 0.25) is 0 Å². The van der Waals surface area contributed by atoms with Crippen LogP contribution >= 0.6 is 22.6 Å². The summed E-state index contributed by atoms with van der Waals surface area (Å²) in [6.45, 7) is 0.518. The van der Waals surface area contributed by atoms with E-state index in [-0.39, 0.29) is 18.5 Å². The molecule has 0 radical (unpaired) electrons. The van der Waals surface area contributed by atoms with Crippen molar-refractivity contribution in [2.24, 2.45) is 5.10 Å². The monoisotopic (exact) mass is 385 g/mol. The summed E-state index contributed by atoms with van der Waals surface area (Å²) in [4.78, 5) is 25.1. The number of amides is 3. The van der Waals surface area contributed by atoms with E-state index in [1.807, 2.05) is 30.3 Å². The van der Waals surface area contributed by atoms with Crippen molar-refractivity contribution in [3.05, 3.63) is 35.9 Å². The molecule has 20 heavy (non-hydrogen) atoms. The summed E-state index contributed by atoms with van der Waals surface area (Å²) in [5.41, 5.74) is 0.899. The molecule has 1 aromatic rings. The first kappa shape index (κ1) is 15.0. The molecule has 106 valence electrons. The standard InChI is InChI=1S/C14H16IN3O2/c15-8-4-5-9-17-13(19)11-18(14(17)20)16-10-12-6-2-1-3-7-12/h1-3,6-7,10H,4-5,8-9,11H2/b16-10+. The van der Waals surface area contributed by atoms with Gasteiger partial charge in [0.2, 0.25) is 0 Å². The molecule has 0 N–H and O–H groups in total. The van der Waals surface area contributed by atoms with Gasteiger partial charge in [0, 0.05) is 6.54 Å².